The standard InChI is InChI=1S/C27H35FN2O2S/c1-3-25(27(32)29-23-13-5-4-6-14-23)30(17-21-11-9-10-20(2)16-21)26(31)19-33-18-22-12-7-8-15-24(22)28/h7-12,15-16,23,25H,3-6,13-14,17-19H2,1-2H3,(H,29,32)/t25-/m1/s1. The first-order valence-corrected chi connectivity index (χ1v) is 13.1. The van der Waals surface area contributed by atoms with Crippen LogP contribution in [0.2, 0.25) is 0 Å². The van der Waals surface area contributed by atoms with Crippen molar-refractivity contribution in [3.63, 3.8) is 0 Å². The Hall–Kier alpha value is -2.34. The number of carbonyl (C=O) groups is 2. The van der Waals surface area contributed by atoms with Crippen molar-refractivity contribution in [3.8, 4) is 0 Å². The predicted octanol–water partition coefficient (Wildman–Crippen LogP) is 5.62. The van der Waals surface area contributed by atoms with Gasteiger partial charge in [-0.05, 0) is 43.4 Å². The van der Waals surface area contributed by atoms with Crippen LogP contribution in [-0.2, 0) is 21.9 Å². The summed E-state index contributed by atoms with van der Waals surface area (Å²) in [7, 11) is 0. The lowest BCUT2D eigenvalue weighted by atomic mass is 9.95. The van der Waals surface area contributed by atoms with Crippen LogP contribution in [0, 0.1) is 12.7 Å². The van der Waals surface area contributed by atoms with Crippen LogP contribution in [0.25, 0.3) is 0 Å². The zero-order valence-corrected chi connectivity index (χ0v) is 20.5. The summed E-state index contributed by atoms with van der Waals surface area (Å²) < 4.78 is 13.9. The number of hydrogen-bond donors (Lipinski definition) is 1. The summed E-state index contributed by atoms with van der Waals surface area (Å²) >= 11 is 1.38. The van der Waals surface area contributed by atoms with Gasteiger partial charge in [-0.25, -0.2) is 4.39 Å². The molecule has 0 unspecified atom stereocenters. The molecular weight excluding hydrogens is 435 g/mol. The Morgan fingerprint density at radius 2 is 1.88 bits per heavy atom. The number of carbonyl (C=O) groups excluding carboxylic acids is 2. The molecule has 0 heterocycles. The predicted molar refractivity (Wildman–Crippen MR) is 133 cm³/mol. The molecule has 1 saturated carbocycles. The summed E-state index contributed by atoms with van der Waals surface area (Å²) in [6, 6.07) is 14.4. The smallest absolute Gasteiger partial charge is 0.243 e. The third-order valence-electron chi connectivity index (χ3n) is 6.21. The average Bonchev–Trinajstić information content (AvgIpc) is 2.81. The van der Waals surface area contributed by atoms with Crippen LogP contribution in [0.15, 0.2) is 48.5 Å². The first kappa shape index (κ1) is 25.3. The molecule has 2 aromatic carbocycles. The number of rotatable bonds is 10. The molecule has 33 heavy (non-hydrogen) atoms. The van der Waals surface area contributed by atoms with Crippen molar-refractivity contribution in [3.05, 3.63) is 71.0 Å². The Labute approximate surface area is 201 Å². The van der Waals surface area contributed by atoms with Crippen LogP contribution in [0.1, 0.15) is 62.1 Å². The molecule has 1 aliphatic rings. The van der Waals surface area contributed by atoms with Gasteiger partial charge >= 0.3 is 0 Å². The van der Waals surface area contributed by atoms with E-state index in [1.807, 2.05) is 32.0 Å². The lowest BCUT2D eigenvalue weighted by molar-refractivity contribution is -0.139. The molecule has 178 valence electrons. The van der Waals surface area contributed by atoms with Gasteiger partial charge in [0.05, 0.1) is 5.75 Å². The maximum absolute atomic E-state index is 13.9. The van der Waals surface area contributed by atoms with Crippen LogP contribution >= 0.6 is 11.8 Å². The van der Waals surface area contributed by atoms with Gasteiger partial charge in [-0.15, -0.1) is 11.8 Å². The van der Waals surface area contributed by atoms with Gasteiger partial charge in [0.25, 0.3) is 0 Å². The monoisotopic (exact) mass is 470 g/mol. The van der Waals surface area contributed by atoms with E-state index in [1.165, 1.54) is 24.2 Å². The lowest BCUT2D eigenvalue weighted by Gasteiger charge is -2.33. The summed E-state index contributed by atoms with van der Waals surface area (Å²) in [4.78, 5) is 28.3. The number of hydrogen-bond acceptors (Lipinski definition) is 3. The molecule has 1 N–H and O–H groups in total. The molecule has 0 bridgehead atoms. The lowest BCUT2D eigenvalue weighted by Crippen LogP contribution is -2.52. The van der Waals surface area contributed by atoms with Crippen molar-refractivity contribution in [1.29, 1.82) is 0 Å². The van der Waals surface area contributed by atoms with Gasteiger partial charge in [0.2, 0.25) is 11.8 Å². The van der Waals surface area contributed by atoms with Crippen molar-refractivity contribution in [2.75, 3.05) is 5.75 Å². The van der Waals surface area contributed by atoms with E-state index < -0.39 is 6.04 Å². The minimum Gasteiger partial charge on any atom is -0.352 e. The highest BCUT2D eigenvalue weighted by Gasteiger charge is 2.30. The molecular formula is C27H35FN2O2S. The molecule has 0 saturated heterocycles. The van der Waals surface area contributed by atoms with Crippen LogP contribution in [0.3, 0.4) is 0 Å². The Kier molecular flexibility index (Phi) is 9.79. The quantitative estimate of drug-likeness (QED) is 0.490. The van der Waals surface area contributed by atoms with Crippen molar-refractivity contribution < 1.29 is 14.0 Å². The summed E-state index contributed by atoms with van der Waals surface area (Å²) in [5, 5.41) is 3.20. The highest BCUT2D eigenvalue weighted by atomic mass is 32.2. The second-order valence-corrected chi connectivity index (χ2v) is 9.85. The van der Waals surface area contributed by atoms with Crippen LogP contribution < -0.4 is 5.32 Å². The fourth-order valence-corrected chi connectivity index (χ4v) is 5.31. The summed E-state index contributed by atoms with van der Waals surface area (Å²) in [5.41, 5.74) is 2.71. The number of thioether (sulfide) groups is 1. The Morgan fingerprint density at radius 3 is 2.58 bits per heavy atom. The van der Waals surface area contributed by atoms with Crippen molar-refractivity contribution in [1.82, 2.24) is 10.2 Å². The van der Waals surface area contributed by atoms with Gasteiger partial charge in [-0.3, -0.25) is 9.59 Å². The molecule has 3 rings (SSSR count). The molecule has 2 aromatic rings. The molecule has 0 aliphatic heterocycles. The van der Waals surface area contributed by atoms with Gasteiger partial charge in [-0.2, -0.15) is 0 Å². The molecule has 0 spiro atoms. The van der Waals surface area contributed by atoms with E-state index in [4.69, 9.17) is 0 Å². The third-order valence-corrected chi connectivity index (χ3v) is 7.18. The molecule has 4 nitrogen and oxygen atoms in total. The number of benzene rings is 2. The molecule has 1 fully saturated rings. The van der Waals surface area contributed by atoms with E-state index in [0.717, 1.165) is 36.8 Å². The first-order valence-electron chi connectivity index (χ1n) is 11.9. The fraction of sp³-hybridized carbons (Fsp3) is 0.481. The topological polar surface area (TPSA) is 49.4 Å². The maximum atomic E-state index is 13.9. The second kappa shape index (κ2) is 12.8. The number of aryl methyl sites for hydroxylation is 1. The highest BCUT2D eigenvalue weighted by Crippen LogP contribution is 2.21. The Bertz CT molecular complexity index is 930. The molecule has 0 aromatic heterocycles. The summed E-state index contributed by atoms with van der Waals surface area (Å²) in [5.74, 6) is 0.204. The Balaban J connectivity index is 1.71. The van der Waals surface area contributed by atoms with E-state index in [0.29, 0.717) is 24.3 Å². The molecule has 0 radical (unpaired) electrons. The van der Waals surface area contributed by atoms with Crippen molar-refractivity contribution in [2.45, 2.75) is 76.8 Å². The zero-order valence-electron chi connectivity index (χ0n) is 19.7. The number of halogens is 1. The van der Waals surface area contributed by atoms with E-state index in [9.17, 15) is 14.0 Å². The fourth-order valence-electron chi connectivity index (χ4n) is 4.42. The van der Waals surface area contributed by atoms with Crippen LogP contribution in [-0.4, -0.2) is 34.6 Å². The molecule has 6 heteroatoms. The average molecular weight is 471 g/mol. The summed E-state index contributed by atoms with van der Waals surface area (Å²) in [6.07, 6.45) is 6.06. The van der Waals surface area contributed by atoms with E-state index >= 15 is 0 Å². The van der Waals surface area contributed by atoms with Gasteiger partial charge in [0.15, 0.2) is 0 Å². The minimum absolute atomic E-state index is 0.0653. The van der Waals surface area contributed by atoms with Gasteiger partial charge in [0, 0.05) is 18.3 Å². The normalized spacial score (nSPS) is 15.1. The molecule has 1 aliphatic carbocycles. The zero-order chi connectivity index (χ0) is 23.6. The van der Waals surface area contributed by atoms with Gasteiger partial charge in [-0.1, -0.05) is 74.2 Å². The van der Waals surface area contributed by atoms with Crippen LogP contribution in [0.5, 0.6) is 0 Å². The number of nitrogens with zero attached hydrogens (tertiary/aromatic N) is 1. The highest BCUT2D eigenvalue weighted by molar-refractivity contribution is 7.99. The van der Waals surface area contributed by atoms with Crippen molar-refractivity contribution >= 4 is 23.6 Å². The van der Waals surface area contributed by atoms with E-state index in [2.05, 4.69) is 11.4 Å². The van der Waals surface area contributed by atoms with E-state index in [-0.39, 0.29) is 29.4 Å². The Morgan fingerprint density at radius 1 is 1.12 bits per heavy atom. The summed E-state index contributed by atoms with van der Waals surface area (Å²) in [6.45, 7) is 4.36. The maximum Gasteiger partial charge on any atom is 0.243 e. The number of amides is 2. The largest absolute Gasteiger partial charge is 0.352 e. The molecule has 1 atom stereocenters. The minimum atomic E-state index is -0.519. The molecule has 2 amide bonds. The van der Waals surface area contributed by atoms with E-state index in [1.54, 1.807) is 23.1 Å². The van der Waals surface area contributed by atoms with Crippen LogP contribution in [0.4, 0.5) is 4.39 Å². The van der Waals surface area contributed by atoms with Gasteiger partial charge in [0.1, 0.15) is 11.9 Å². The third kappa shape index (κ3) is 7.60. The van der Waals surface area contributed by atoms with Crippen molar-refractivity contribution in [2.24, 2.45) is 0 Å². The van der Waals surface area contributed by atoms with Gasteiger partial charge < -0.3 is 10.2 Å². The SMILES string of the molecule is CC[C@H](C(=O)NC1CCCCC1)N(Cc1cccc(C)c1)C(=O)CSCc1ccccc1F. The first-order chi connectivity index (χ1) is 16.0. The second-order valence-electron chi connectivity index (χ2n) is 8.86. The number of nitrogens with one attached hydrogen (secondary N) is 1.